The lowest BCUT2D eigenvalue weighted by Crippen LogP contribution is -2.38. The maximum atomic E-state index is 12.8. The number of amides is 1. The fraction of sp³-hybridized carbons (Fsp3) is 0.455. The van der Waals surface area contributed by atoms with Crippen molar-refractivity contribution in [3.8, 4) is 0 Å². The van der Waals surface area contributed by atoms with Crippen LogP contribution in [0.5, 0.6) is 0 Å². The van der Waals surface area contributed by atoms with Gasteiger partial charge in [-0.05, 0) is 43.0 Å². The molecule has 8 heteroatoms. The van der Waals surface area contributed by atoms with Gasteiger partial charge in [0.1, 0.15) is 0 Å². The second kappa shape index (κ2) is 11.6. The molecular formula is C22H31ClIN5O. The Morgan fingerprint density at radius 2 is 1.97 bits per heavy atom. The van der Waals surface area contributed by atoms with Gasteiger partial charge in [-0.3, -0.25) is 9.79 Å². The fourth-order valence-electron chi connectivity index (χ4n) is 3.70. The van der Waals surface area contributed by atoms with Crippen molar-refractivity contribution in [1.29, 1.82) is 0 Å². The van der Waals surface area contributed by atoms with Gasteiger partial charge in [-0.1, -0.05) is 23.7 Å². The van der Waals surface area contributed by atoms with Crippen molar-refractivity contribution in [1.82, 2.24) is 19.7 Å². The van der Waals surface area contributed by atoms with Crippen LogP contribution in [0.25, 0.3) is 0 Å². The Labute approximate surface area is 201 Å². The number of nitrogens with one attached hydrogen (secondary N) is 1. The zero-order chi connectivity index (χ0) is 20.8. The van der Waals surface area contributed by atoms with Gasteiger partial charge in [-0.2, -0.15) is 0 Å². The lowest BCUT2D eigenvalue weighted by Gasteiger charge is -2.27. The molecule has 2 aromatic rings. The number of piperidine rings is 1. The van der Waals surface area contributed by atoms with Crippen LogP contribution in [-0.2, 0) is 20.1 Å². The molecule has 1 aliphatic heterocycles. The molecule has 1 aromatic carbocycles. The number of aromatic nitrogens is 1. The molecule has 3 rings (SSSR count). The van der Waals surface area contributed by atoms with Crippen molar-refractivity contribution < 1.29 is 4.79 Å². The van der Waals surface area contributed by atoms with Crippen molar-refractivity contribution in [2.75, 3.05) is 27.2 Å². The largest absolute Gasteiger partial charge is 0.352 e. The number of hydrogen-bond donors (Lipinski definition) is 1. The van der Waals surface area contributed by atoms with E-state index in [4.69, 9.17) is 11.6 Å². The first-order valence-electron chi connectivity index (χ1n) is 10.1. The highest BCUT2D eigenvalue weighted by atomic mass is 127. The molecule has 1 saturated heterocycles. The summed E-state index contributed by atoms with van der Waals surface area (Å²) in [5, 5.41) is 4.12. The molecule has 1 aromatic heterocycles. The molecule has 0 aliphatic carbocycles. The molecule has 2 heterocycles. The summed E-state index contributed by atoms with van der Waals surface area (Å²) >= 11 is 6.08. The molecule has 0 atom stereocenters. The molecular weight excluding hydrogens is 513 g/mol. The summed E-state index contributed by atoms with van der Waals surface area (Å²) in [5.41, 5.74) is 2.92. The molecule has 0 bridgehead atoms. The molecule has 164 valence electrons. The van der Waals surface area contributed by atoms with Gasteiger partial charge < -0.3 is 19.7 Å². The number of aliphatic imine (C=N–C) groups is 1. The topological polar surface area (TPSA) is 52.9 Å². The number of likely N-dealkylation sites (tertiary alicyclic amines) is 1. The maximum Gasteiger partial charge on any atom is 0.253 e. The van der Waals surface area contributed by atoms with E-state index in [0.717, 1.165) is 53.7 Å². The van der Waals surface area contributed by atoms with Gasteiger partial charge in [0.05, 0.1) is 11.6 Å². The van der Waals surface area contributed by atoms with Crippen molar-refractivity contribution in [2.24, 2.45) is 12.0 Å². The van der Waals surface area contributed by atoms with Crippen LogP contribution in [0, 0.1) is 0 Å². The lowest BCUT2D eigenvalue weighted by molar-refractivity contribution is 0.0724. The van der Waals surface area contributed by atoms with Gasteiger partial charge in [-0.25, -0.2) is 0 Å². The molecule has 0 saturated carbocycles. The molecule has 0 unspecified atom stereocenters. The number of guanidine groups is 1. The molecule has 0 radical (unpaired) electrons. The van der Waals surface area contributed by atoms with Crippen LogP contribution in [0.1, 0.15) is 40.9 Å². The maximum absolute atomic E-state index is 12.8. The minimum atomic E-state index is 0. The standard InChI is InChI=1S/C22H30ClN5O.HI/c1-24-22(27(3)16-20-13-19(23)15-26(20)2)25-14-17-8-7-9-18(12-17)21(29)28-10-5-4-6-11-28;/h7-9,12-13,15H,4-6,10-11,14,16H2,1-3H3,(H,24,25);1H. The molecule has 1 N–H and O–H groups in total. The van der Waals surface area contributed by atoms with E-state index in [0.29, 0.717) is 13.1 Å². The van der Waals surface area contributed by atoms with Crippen LogP contribution in [0.15, 0.2) is 41.5 Å². The highest BCUT2D eigenvalue weighted by Crippen LogP contribution is 2.15. The molecule has 1 aliphatic rings. The van der Waals surface area contributed by atoms with Gasteiger partial charge in [-0.15, -0.1) is 24.0 Å². The molecule has 1 amide bonds. The Morgan fingerprint density at radius 1 is 1.23 bits per heavy atom. The third-order valence-electron chi connectivity index (χ3n) is 5.31. The molecule has 30 heavy (non-hydrogen) atoms. The summed E-state index contributed by atoms with van der Waals surface area (Å²) < 4.78 is 2.02. The zero-order valence-corrected chi connectivity index (χ0v) is 21.0. The highest BCUT2D eigenvalue weighted by Gasteiger charge is 2.18. The van der Waals surface area contributed by atoms with E-state index in [9.17, 15) is 4.79 Å². The summed E-state index contributed by atoms with van der Waals surface area (Å²) in [6, 6.07) is 9.83. The average molecular weight is 544 g/mol. The number of hydrogen-bond acceptors (Lipinski definition) is 2. The van der Waals surface area contributed by atoms with E-state index in [-0.39, 0.29) is 29.9 Å². The van der Waals surface area contributed by atoms with Crippen LogP contribution >= 0.6 is 35.6 Å². The van der Waals surface area contributed by atoms with Crippen LogP contribution in [0.2, 0.25) is 5.02 Å². The van der Waals surface area contributed by atoms with E-state index in [2.05, 4.69) is 10.3 Å². The van der Waals surface area contributed by atoms with Crippen LogP contribution in [0.4, 0.5) is 0 Å². The van der Waals surface area contributed by atoms with Crippen molar-refractivity contribution in [3.63, 3.8) is 0 Å². The zero-order valence-electron chi connectivity index (χ0n) is 17.9. The first-order valence-corrected chi connectivity index (χ1v) is 10.5. The van der Waals surface area contributed by atoms with E-state index in [1.54, 1.807) is 7.05 Å². The summed E-state index contributed by atoms with van der Waals surface area (Å²) in [6.07, 6.45) is 5.31. The number of benzene rings is 1. The van der Waals surface area contributed by atoms with Crippen molar-refractivity contribution in [2.45, 2.75) is 32.4 Å². The Kier molecular flexibility index (Phi) is 9.48. The van der Waals surface area contributed by atoms with Crippen molar-refractivity contribution >= 4 is 47.4 Å². The number of halogens is 2. The number of carbonyl (C=O) groups is 1. The van der Waals surface area contributed by atoms with Gasteiger partial charge in [0, 0.05) is 58.2 Å². The molecule has 1 fully saturated rings. The van der Waals surface area contributed by atoms with Gasteiger partial charge in [0.2, 0.25) is 0 Å². The van der Waals surface area contributed by atoms with Crippen LogP contribution < -0.4 is 5.32 Å². The smallest absolute Gasteiger partial charge is 0.253 e. The first kappa shape index (κ1) is 24.5. The summed E-state index contributed by atoms with van der Waals surface area (Å²) in [5.74, 6) is 0.920. The molecule has 0 spiro atoms. The Balaban J connectivity index is 0.00000320. The number of carbonyl (C=O) groups excluding carboxylic acids is 1. The Bertz CT molecular complexity index is 876. The first-order chi connectivity index (χ1) is 14.0. The van der Waals surface area contributed by atoms with Gasteiger partial charge in [0.15, 0.2) is 5.96 Å². The number of nitrogens with zero attached hydrogens (tertiary/aromatic N) is 4. The minimum absolute atomic E-state index is 0. The van der Waals surface area contributed by atoms with Crippen LogP contribution in [0.3, 0.4) is 0 Å². The van der Waals surface area contributed by atoms with Crippen molar-refractivity contribution in [3.05, 3.63) is 58.4 Å². The van der Waals surface area contributed by atoms with E-state index < -0.39 is 0 Å². The van der Waals surface area contributed by atoms with E-state index in [1.165, 1.54) is 6.42 Å². The summed E-state index contributed by atoms with van der Waals surface area (Å²) in [7, 11) is 5.75. The summed E-state index contributed by atoms with van der Waals surface area (Å²) in [6.45, 7) is 3.02. The highest BCUT2D eigenvalue weighted by molar-refractivity contribution is 14.0. The predicted molar refractivity (Wildman–Crippen MR) is 134 cm³/mol. The fourth-order valence-corrected chi connectivity index (χ4v) is 3.97. The average Bonchev–Trinajstić information content (AvgIpc) is 3.05. The Morgan fingerprint density at radius 3 is 2.60 bits per heavy atom. The quantitative estimate of drug-likeness (QED) is 0.351. The Hall–Kier alpha value is -1.74. The monoisotopic (exact) mass is 543 g/mol. The third-order valence-corrected chi connectivity index (χ3v) is 5.52. The SMILES string of the molecule is CN=C(NCc1cccc(C(=O)N2CCCCC2)c1)N(C)Cc1cc(Cl)cn1C.I. The second-order valence-corrected chi connectivity index (χ2v) is 8.01. The van der Waals surface area contributed by atoms with E-state index in [1.807, 2.05) is 65.0 Å². The third kappa shape index (κ3) is 6.38. The normalized spacial score (nSPS) is 14.3. The van der Waals surface area contributed by atoms with Crippen LogP contribution in [-0.4, -0.2) is 53.4 Å². The molecule has 6 nitrogen and oxygen atoms in total. The number of aryl methyl sites for hydroxylation is 1. The second-order valence-electron chi connectivity index (χ2n) is 7.57. The number of rotatable bonds is 5. The minimum Gasteiger partial charge on any atom is -0.352 e. The summed E-state index contributed by atoms with van der Waals surface area (Å²) in [4.78, 5) is 21.1. The van der Waals surface area contributed by atoms with Gasteiger partial charge in [0.25, 0.3) is 5.91 Å². The van der Waals surface area contributed by atoms with Gasteiger partial charge >= 0.3 is 0 Å². The lowest BCUT2D eigenvalue weighted by atomic mass is 10.1. The predicted octanol–water partition coefficient (Wildman–Crippen LogP) is 4.13. The van der Waals surface area contributed by atoms with E-state index >= 15 is 0 Å².